The van der Waals surface area contributed by atoms with Gasteiger partial charge in [-0.3, -0.25) is 4.79 Å². The van der Waals surface area contributed by atoms with Crippen molar-refractivity contribution in [3.8, 4) is 0 Å². The number of rotatable bonds is 5. The first-order chi connectivity index (χ1) is 9.60. The van der Waals surface area contributed by atoms with Crippen molar-refractivity contribution in [3.63, 3.8) is 0 Å². The van der Waals surface area contributed by atoms with Crippen LogP contribution in [-0.2, 0) is 0 Å². The molecular formula is C17H19NOS. The van der Waals surface area contributed by atoms with Gasteiger partial charge >= 0.3 is 0 Å². The zero-order valence-electron chi connectivity index (χ0n) is 12.1. The molecule has 1 atom stereocenters. The number of aryl methyl sites for hydroxylation is 2. The van der Waals surface area contributed by atoms with Crippen LogP contribution in [0, 0.1) is 13.8 Å². The molecule has 0 spiro atoms. The second kappa shape index (κ2) is 6.71. The van der Waals surface area contributed by atoms with Crippen molar-refractivity contribution in [2.24, 2.45) is 0 Å². The predicted molar refractivity (Wildman–Crippen MR) is 84.4 cm³/mol. The van der Waals surface area contributed by atoms with E-state index in [1.54, 1.807) is 11.8 Å². The summed E-state index contributed by atoms with van der Waals surface area (Å²) in [7, 11) is 0. The SMILES string of the molecule is CCC(Sc1cc(C)cc(C)n1)C(=O)c1ccccc1. The Labute approximate surface area is 124 Å². The Morgan fingerprint density at radius 1 is 1.20 bits per heavy atom. The van der Waals surface area contributed by atoms with Crippen molar-refractivity contribution in [1.82, 2.24) is 4.98 Å². The van der Waals surface area contributed by atoms with Crippen molar-refractivity contribution in [1.29, 1.82) is 0 Å². The second-order valence-corrected chi connectivity index (χ2v) is 6.09. The summed E-state index contributed by atoms with van der Waals surface area (Å²) in [6.07, 6.45) is 0.799. The first-order valence-electron chi connectivity index (χ1n) is 6.81. The number of benzene rings is 1. The first-order valence-corrected chi connectivity index (χ1v) is 7.69. The molecule has 1 heterocycles. The molecule has 2 rings (SSSR count). The number of aromatic nitrogens is 1. The van der Waals surface area contributed by atoms with E-state index in [-0.39, 0.29) is 11.0 Å². The van der Waals surface area contributed by atoms with E-state index in [1.165, 1.54) is 5.56 Å². The molecule has 0 bridgehead atoms. The van der Waals surface area contributed by atoms with E-state index in [0.29, 0.717) is 0 Å². The lowest BCUT2D eigenvalue weighted by Gasteiger charge is -2.13. The van der Waals surface area contributed by atoms with Crippen LogP contribution in [0.4, 0.5) is 0 Å². The zero-order chi connectivity index (χ0) is 14.5. The van der Waals surface area contributed by atoms with E-state index >= 15 is 0 Å². The van der Waals surface area contributed by atoms with Gasteiger partial charge in [0.1, 0.15) is 0 Å². The molecule has 2 nitrogen and oxygen atoms in total. The maximum absolute atomic E-state index is 12.5. The van der Waals surface area contributed by atoms with Gasteiger partial charge < -0.3 is 0 Å². The molecule has 1 aromatic heterocycles. The topological polar surface area (TPSA) is 30.0 Å². The Morgan fingerprint density at radius 3 is 2.50 bits per heavy atom. The standard InChI is InChI=1S/C17H19NOS/c1-4-15(17(19)14-8-6-5-7-9-14)20-16-11-12(2)10-13(3)18-16/h5-11,15H,4H2,1-3H3. The number of carbonyl (C=O) groups excluding carboxylic acids is 1. The monoisotopic (exact) mass is 285 g/mol. The molecule has 1 aromatic carbocycles. The lowest BCUT2D eigenvalue weighted by Crippen LogP contribution is -2.16. The Bertz CT molecular complexity index is 575. The van der Waals surface area contributed by atoms with Gasteiger partial charge in [-0.05, 0) is 38.0 Å². The summed E-state index contributed by atoms with van der Waals surface area (Å²) in [4.78, 5) is 17.0. The minimum Gasteiger partial charge on any atom is -0.293 e. The highest BCUT2D eigenvalue weighted by atomic mass is 32.2. The van der Waals surface area contributed by atoms with E-state index < -0.39 is 0 Å². The quantitative estimate of drug-likeness (QED) is 0.600. The van der Waals surface area contributed by atoms with Crippen molar-refractivity contribution in [2.75, 3.05) is 0 Å². The van der Waals surface area contributed by atoms with E-state index in [0.717, 1.165) is 22.7 Å². The van der Waals surface area contributed by atoms with Gasteiger partial charge in [0.2, 0.25) is 0 Å². The van der Waals surface area contributed by atoms with Crippen molar-refractivity contribution >= 4 is 17.5 Å². The Balaban J connectivity index is 2.18. The molecule has 0 saturated heterocycles. The molecule has 0 fully saturated rings. The lowest BCUT2D eigenvalue weighted by molar-refractivity contribution is 0.0988. The van der Waals surface area contributed by atoms with Crippen LogP contribution < -0.4 is 0 Å². The molecule has 0 radical (unpaired) electrons. The number of hydrogen-bond acceptors (Lipinski definition) is 3. The number of Topliss-reactive ketones (excluding diaryl/α,β-unsaturated/α-hetero) is 1. The number of carbonyl (C=O) groups is 1. The largest absolute Gasteiger partial charge is 0.293 e. The average Bonchev–Trinajstić information content (AvgIpc) is 2.44. The van der Waals surface area contributed by atoms with E-state index in [9.17, 15) is 4.79 Å². The normalized spacial score (nSPS) is 12.2. The molecule has 0 amide bonds. The van der Waals surface area contributed by atoms with Crippen molar-refractivity contribution in [2.45, 2.75) is 37.5 Å². The third-order valence-corrected chi connectivity index (χ3v) is 4.34. The van der Waals surface area contributed by atoms with E-state index in [4.69, 9.17) is 0 Å². The molecule has 3 heteroatoms. The van der Waals surface area contributed by atoms with Crippen LogP contribution in [0.2, 0.25) is 0 Å². The van der Waals surface area contributed by atoms with Gasteiger partial charge in [0.25, 0.3) is 0 Å². The summed E-state index contributed by atoms with van der Waals surface area (Å²) in [6, 6.07) is 13.6. The van der Waals surface area contributed by atoms with Gasteiger partial charge in [-0.15, -0.1) is 0 Å². The lowest BCUT2D eigenvalue weighted by atomic mass is 10.1. The molecule has 0 aliphatic carbocycles. The van der Waals surface area contributed by atoms with Crippen LogP contribution in [0.5, 0.6) is 0 Å². The van der Waals surface area contributed by atoms with Gasteiger partial charge in [-0.1, -0.05) is 49.0 Å². The smallest absolute Gasteiger partial charge is 0.176 e. The predicted octanol–water partition coefficient (Wildman–Crippen LogP) is 4.45. The van der Waals surface area contributed by atoms with E-state index in [2.05, 4.69) is 11.9 Å². The number of hydrogen-bond donors (Lipinski definition) is 0. The maximum atomic E-state index is 12.5. The van der Waals surface area contributed by atoms with Crippen LogP contribution in [0.15, 0.2) is 47.5 Å². The summed E-state index contributed by atoms with van der Waals surface area (Å²) < 4.78 is 0. The maximum Gasteiger partial charge on any atom is 0.176 e. The van der Waals surface area contributed by atoms with Crippen LogP contribution in [-0.4, -0.2) is 16.0 Å². The molecular weight excluding hydrogens is 266 g/mol. The van der Waals surface area contributed by atoms with Gasteiger partial charge in [0.05, 0.1) is 10.3 Å². The third-order valence-electron chi connectivity index (χ3n) is 3.06. The summed E-state index contributed by atoms with van der Waals surface area (Å²) in [5.74, 6) is 0.180. The summed E-state index contributed by atoms with van der Waals surface area (Å²) in [6.45, 7) is 6.08. The van der Waals surface area contributed by atoms with Gasteiger partial charge in [0, 0.05) is 11.3 Å². The van der Waals surface area contributed by atoms with Crippen LogP contribution in [0.3, 0.4) is 0 Å². The highest BCUT2D eigenvalue weighted by Gasteiger charge is 2.20. The van der Waals surface area contributed by atoms with Crippen LogP contribution >= 0.6 is 11.8 Å². The van der Waals surface area contributed by atoms with Gasteiger partial charge in [0.15, 0.2) is 5.78 Å². The fraction of sp³-hybridized carbons (Fsp3) is 0.294. The average molecular weight is 285 g/mol. The minimum atomic E-state index is -0.0777. The van der Waals surface area contributed by atoms with Gasteiger partial charge in [-0.25, -0.2) is 4.98 Å². The molecule has 0 N–H and O–H groups in total. The molecule has 0 aliphatic heterocycles. The number of ketones is 1. The first kappa shape index (κ1) is 14.8. The zero-order valence-corrected chi connectivity index (χ0v) is 12.9. The molecule has 0 aliphatic rings. The third kappa shape index (κ3) is 3.70. The Hall–Kier alpha value is -1.61. The highest BCUT2D eigenvalue weighted by molar-refractivity contribution is 8.00. The summed E-state index contributed by atoms with van der Waals surface area (Å²) in [5.41, 5.74) is 2.95. The summed E-state index contributed by atoms with van der Waals surface area (Å²) in [5, 5.41) is 0.852. The molecule has 2 aromatic rings. The van der Waals surface area contributed by atoms with Crippen molar-refractivity contribution < 1.29 is 4.79 Å². The minimum absolute atomic E-state index is 0.0777. The highest BCUT2D eigenvalue weighted by Crippen LogP contribution is 2.27. The number of thioether (sulfide) groups is 1. The Kier molecular flexibility index (Phi) is 4.96. The fourth-order valence-electron chi connectivity index (χ4n) is 2.12. The molecule has 20 heavy (non-hydrogen) atoms. The molecule has 104 valence electrons. The molecule has 1 unspecified atom stereocenters. The van der Waals surface area contributed by atoms with E-state index in [1.807, 2.05) is 56.3 Å². The molecule has 0 saturated carbocycles. The van der Waals surface area contributed by atoms with Crippen molar-refractivity contribution in [3.05, 3.63) is 59.3 Å². The van der Waals surface area contributed by atoms with Gasteiger partial charge in [-0.2, -0.15) is 0 Å². The number of nitrogens with zero attached hydrogens (tertiary/aromatic N) is 1. The Morgan fingerprint density at radius 2 is 1.90 bits per heavy atom. The second-order valence-electron chi connectivity index (χ2n) is 4.87. The summed E-state index contributed by atoms with van der Waals surface area (Å²) >= 11 is 1.56. The fourth-order valence-corrected chi connectivity index (χ4v) is 3.27. The van der Waals surface area contributed by atoms with Crippen LogP contribution in [0.25, 0.3) is 0 Å². The van der Waals surface area contributed by atoms with Crippen LogP contribution in [0.1, 0.15) is 35.0 Å². The number of pyridine rings is 1.